The molecule has 0 aromatic heterocycles. The van der Waals surface area contributed by atoms with E-state index in [0.717, 1.165) is 52.1 Å². The van der Waals surface area contributed by atoms with Gasteiger partial charge in [0.05, 0.1) is 0 Å². The maximum absolute atomic E-state index is 12.2. The van der Waals surface area contributed by atoms with Gasteiger partial charge in [-0.25, -0.2) is 4.79 Å². The van der Waals surface area contributed by atoms with Gasteiger partial charge in [-0.1, -0.05) is 31.0 Å². The number of likely N-dealkylation sites (tertiary alicyclic amines) is 1. The van der Waals surface area contributed by atoms with E-state index >= 15 is 0 Å². The summed E-state index contributed by atoms with van der Waals surface area (Å²) >= 11 is 0. The Labute approximate surface area is 144 Å². The molecule has 1 aliphatic carbocycles. The van der Waals surface area contributed by atoms with Crippen LogP contribution in [0.4, 0.5) is 10.5 Å². The highest BCUT2D eigenvalue weighted by atomic mass is 16.2. The van der Waals surface area contributed by atoms with Crippen molar-refractivity contribution in [2.45, 2.75) is 37.8 Å². The lowest BCUT2D eigenvalue weighted by molar-refractivity contribution is 0.0522. The molecule has 1 saturated carbocycles. The van der Waals surface area contributed by atoms with Crippen LogP contribution in [-0.2, 0) is 0 Å². The van der Waals surface area contributed by atoms with E-state index in [1.807, 2.05) is 4.90 Å². The van der Waals surface area contributed by atoms with E-state index in [1.54, 1.807) is 0 Å². The SMILES string of the molecule is O=C(NC1CCCC1)N1CC(N2CCN(c3ccccc3)CC2)C1. The van der Waals surface area contributed by atoms with Crippen LogP contribution in [0.1, 0.15) is 25.7 Å². The number of hydrogen-bond acceptors (Lipinski definition) is 3. The Morgan fingerprint density at radius 1 is 0.958 bits per heavy atom. The number of carbonyl (C=O) groups is 1. The van der Waals surface area contributed by atoms with Gasteiger partial charge in [-0.05, 0) is 25.0 Å². The molecule has 5 nitrogen and oxygen atoms in total. The van der Waals surface area contributed by atoms with E-state index in [-0.39, 0.29) is 6.03 Å². The lowest BCUT2D eigenvalue weighted by Gasteiger charge is -2.48. The number of urea groups is 1. The van der Waals surface area contributed by atoms with Crippen molar-refractivity contribution < 1.29 is 4.79 Å². The van der Waals surface area contributed by atoms with Crippen LogP contribution in [0.25, 0.3) is 0 Å². The fourth-order valence-corrected chi connectivity index (χ4v) is 4.17. The number of hydrogen-bond donors (Lipinski definition) is 1. The number of nitrogens with one attached hydrogen (secondary N) is 1. The molecule has 0 bridgehead atoms. The minimum absolute atomic E-state index is 0.154. The fourth-order valence-electron chi connectivity index (χ4n) is 4.17. The molecule has 3 aliphatic rings. The summed E-state index contributed by atoms with van der Waals surface area (Å²) in [6.07, 6.45) is 4.84. The predicted molar refractivity (Wildman–Crippen MR) is 96.4 cm³/mol. The number of carbonyl (C=O) groups excluding carboxylic acids is 1. The van der Waals surface area contributed by atoms with E-state index in [2.05, 4.69) is 45.4 Å². The van der Waals surface area contributed by atoms with Gasteiger partial charge in [0.2, 0.25) is 0 Å². The summed E-state index contributed by atoms with van der Waals surface area (Å²) in [7, 11) is 0. The average Bonchev–Trinajstić information content (AvgIpc) is 3.08. The van der Waals surface area contributed by atoms with Crippen molar-refractivity contribution in [2.75, 3.05) is 44.2 Å². The Hall–Kier alpha value is -1.75. The highest BCUT2D eigenvalue weighted by molar-refractivity contribution is 5.75. The molecular formula is C19H28N4O. The molecule has 2 amide bonds. The largest absolute Gasteiger partial charge is 0.369 e. The van der Waals surface area contributed by atoms with Crippen molar-refractivity contribution in [2.24, 2.45) is 0 Å². The maximum atomic E-state index is 12.2. The summed E-state index contributed by atoms with van der Waals surface area (Å²) in [6.45, 7) is 6.13. The minimum atomic E-state index is 0.154. The summed E-state index contributed by atoms with van der Waals surface area (Å²) in [5, 5.41) is 3.19. The number of amides is 2. The van der Waals surface area contributed by atoms with Gasteiger partial charge in [-0.2, -0.15) is 0 Å². The molecule has 2 aliphatic heterocycles. The summed E-state index contributed by atoms with van der Waals surface area (Å²) in [4.78, 5) is 19.2. The molecule has 24 heavy (non-hydrogen) atoms. The summed E-state index contributed by atoms with van der Waals surface area (Å²) < 4.78 is 0. The molecule has 0 radical (unpaired) electrons. The van der Waals surface area contributed by atoms with Crippen LogP contribution < -0.4 is 10.2 Å². The highest BCUT2D eigenvalue weighted by Crippen LogP contribution is 2.22. The number of nitrogens with zero attached hydrogens (tertiary/aromatic N) is 3. The van der Waals surface area contributed by atoms with Crippen LogP contribution in [0.5, 0.6) is 0 Å². The van der Waals surface area contributed by atoms with Gasteiger partial charge in [0, 0.05) is 57.0 Å². The molecule has 4 rings (SSSR count). The van der Waals surface area contributed by atoms with Crippen LogP contribution in [0.2, 0.25) is 0 Å². The number of para-hydroxylation sites is 1. The first-order chi connectivity index (χ1) is 11.8. The lowest BCUT2D eigenvalue weighted by atomic mass is 10.1. The Morgan fingerprint density at radius 2 is 1.62 bits per heavy atom. The van der Waals surface area contributed by atoms with Gasteiger partial charge in [0.15, 0.2) is 0 Å². The van der Waals surface area contributed by atoms with Crippen molar-refractivity contribution in [1.29, 1.82) is 0 Å². The average molecular weight is 328 g/mol. The molecule has 0 atom stereocenters. The molecule has 130 valence electrons. The smallest absolute Gasteiger partial charge is 0.317 e. The van der Waals surface area contributed by atoms with Crippen molar-refractivity contribution in [3.63, 3.8) is 0 Å². The molecule has 1 N–H and O–H groups in total. The third-order valence-corrected chi connectivity index (χ3v) is 5.78. The Kier molecular flexibility index (Phi) is 4.60. The predicted octanol–water partition coefficient (Wildman–Crippen LogP) is 2.14. The van der Waals surface area contributed by atoms with E-state index in [1.165, 1.54) is 18.5 Å². The van der Waals surface area contributed by atoms with Gasteiger partial charge in [0.25, 0.3) is 0 Å². The normalized spacial score (nSPS) is 23.3. The van der Waals surface area contributed by atoms with Gasteiger partial charge in [-0.3, -0.25) is 4.90 Å². The first kappa shape index (κ1) is 15.8. The van der Waals surface area contributed by atoms with Crippen LogP contribution in [0.3, 0.4) is 0 Å². The van der Waals surface area contributed by atoms with E-state index in [9.17, 15) is 4.79 Å². The summed E-state index contributed by atoms with van der Waals surface area (Å²) in [5.74, 6) is 0. The standard InChI is InChI=1S/C19H28N4O/c24-19(20-16-6-4-5-7-16)23-14-18(15-23)22-12-10-21(11-13-22)17-8-2-1-3-9-17/h1-3,8-9,16,18H,4-7,10-15H2,(H,20,24). The Bertz CT molecular complexity index is 544. The molecule has 0 spiro atoms. The quantitative estimate of drug-likeness (QED) is 0.924. The first-order valence-electron chi connectivity index (χ1n) is 9.39. The van der Waals surface area contributed by atoms with E-state index in [0.29, 0.717) is 12.1 Å². The molecular weight excluding hydrogens is 300 g/mol. The highest BCUT2D eigenvalue weighted by Gasteiger charge is 2.36. The number of anilines is 1. The topological polar surface area (TPSA) is 38.8 Å². The van der Waals surface area contributed by atoms with Crippen molar-refractivity contribution >= 4 is 11.7 Å². The maximum Gasteiger partial charge on any atom is 0.317 e. The Balaban J connectivity index is 1.20. The van der Waals surface area contributed by atoms with Crippen LogP contribution in [0.15, 0.2) is 30.3 Å². The summed E-state index contributed by atoms with van der Waals surface area (Å²) in [5.41, 5.74) is 1.32. The fraction of sp³-hybridized carbons (Fsp3) is 0.632. The van der Waals surface area contributed by atoms with E-state index in [4.69, 9.17) is 0 Å². The third-order valence-electron chi connectivity index (χ3n) is 5.78. The zero-order valence-corrected chi connectivity index (χ0v) is 14.4. The van der Waals surface area contributed by atoms with Crippen LogP contribution in [-0.4, -0.2) is 67.2 Å². The molecule has 2 saturated heterocycles. The second-order valence-electron chi connectivity index (χ2n) is 7.35. The zero-order chi connectivity index (χ0) is 16.4. The van der Waals surface area contributed by atoms with Gasteiger partial charge >= 0.3 is 6.03 Å². The van der Waals surface area contributed by atoms with Crippen molar-refractivity contribution in [1.82, 2.24) is 15.1 Å². The first-order valence-corrected chi connectivity index (χ1v) is 9.39. The molecule has 2 heterocycles. The number of benzene rings is 1. The zero-order valence-electron chi connectivity index (χ0n) is 14.4. The molecule has 0 unspecified atom stereocenters. The third kappa shape index (κ3) is 3.36. The van der Waals surface area contributed by atoms with Crippen molar-refractivity contribution in [3.8, 4) is 0 Å². The monoisotopic (exact) mass is 328 g/mol. The van der Waals surface area contributed by atoms with Crippen LogP contribution >= 0.6 is 0 Å². The van der Waals surface area contributed by atoms with Gasteiger partial charge in [0.1, 0.15) is 0 Å². The number of piperazine rings is 1. The van der Waals surface area contributed by atoms with Crippen LogP contribution in [0, 0.1) is 0 Å². The molecule has 3 fully saturated rings. The molecule has 5 heteroatoms. The lowest BCUT2D eigenvalue weighted by Crippen LogP contribution is -2.66. The number of rotatable bonds is 3. The Morgan fingerprint density at radius 3 is 2.29 bits per heavy atom. The van der Waals surface area contributed by atoms with E-state index < -0.39 is 0 Å². The van der Waals surface area contributed by atoms with Crippen molar-refractivity contribution in [3.05, 3.63) is 30.3 Å². The van der Waals surface area contributed by atoms with Gasteiger partial charge < -0.3 is 15.1 Å². The summed E-state index contributed by atoms with van der Waals surface area (Å²) in [6, 6.07) is 11.8. The second-order valence-corrected chi connectivity index (χ2v) is 7.35. The molecule has 1 aromatic carbocycles. The van der Waals surface area contributed by atoms with Gasteiger partial charge in [-0.15, -0.1) is 0 Å². The molecule has 1 aromatic rings. The second kappa shape index (κ2) is 7.01. The minimum Gasteiger partial charge on any atom is -0.369 e.